The van der Waals surface area contributed by atoms with Gasteiger partial charge in [-0.15, -0.1) is 0 Å². The van der Waals surface area contributed by atoms with Crippen molar-refractivity contribution in [2.75, 3.05) is 27.0 Å². The molecule has 1 aromatic carbocycles. The summed E-state index contributed by atoms with van der Waals surface area (Å²) in [5.74, 6) is 1.57. The van der Waals surface area contributed by atoms with Crippen molar-refractivity contribution in [2.45, 2.75) is 20.3 Å². The topological polar surface area (TPSA) is 54.0 Å². The van der Waals surface area contributed by atoms with Crippen LogP contribution in [0.2, 0.25) is 0 Å². The van der Waals surface area contributed by atoms with Gasteiger partial charge >= 0.3 is 7.60 Å². The first-order chi connectivity index (χ1) is 9.06. The molecular formula is C13H21O5P. The average molecular weight is 288 g/mol. The Kier molecular flexibility index (Phi) is 6.19. The van der Waals surface area contributed by atoms with Gasteiger partial charge in [-0.3, -0.25) is 0 Å². The number of rotatable bonds is 8. The first kappa shape index (κ1) is 15.9. The molecule has 0 heterocycles. The van der Waals surface area contributed by atoms with Gasteiger partial charge in [0.25, 0.3) is 0 Å². The minimum Gasteiger partial charge on any atom is -0.496 e. The molecule has 1 rings (SSSR count). The van der Waals surface area contributed by atoms with E-state index in [0.29, 0.717) is 30.0 Å². The van der Waals surface area contributed by atoms with Crippen LogP contribution in [0.5, 0.6) is 17.2 Å². The Balaban J connectivity index is 2.98. The predicted octanol–water partition coefficient (Wildman–Crippen LogP) is 3.72. The second-order valence-electron chi connectivity index (χ2n) is 3.89. The van der Waals surface area contributed by atoms with Crippen LogP contribution in [0, 0.1) is 0 Å². The van der Waals surface area contributed by atoms with Crippen molar-refractivity contribution >= 4 is 7.60 Å². The maximum Gasteiger partial charge on any atom is 0.379 e. The van der Waals surface area contributed by atoms with Crippen LogP contribution in [-0.4, -0.2) is 27.0 Å². The van der Waals surface area contributed by atoms with Crippen LogP contribution in [0.25, 0.3) is 0 Å². The van der Waals surface area contributed by atoms with Crippen molar-refractivity contribution in [2.24, 2.45) is 0 Å². The third-order valence-corrected chi connectivity index (χ3v) is 4.53. The smallest absolute Gasteiger partial charge is 0.379 e. The van der Waals surface area contributed by atoms with Crippen LogP contribution in [-0.2, 0) is 9.09 Å². The fourth-order valence-electron chi connectivity index (χ4n) is 1.60. The quantitative estimate of drug-likeness (QED) is 0.682. The van der Waals surface area contributed by atoms with Gasteiger partial charge < -0.3 is 18.5 Å². The summed E-state index contributed by atoms with van der Waals surface area (Å²) in [5, 5.41) is 0. The van der Waals surface area contributed by atoms with Crippen LogP contribution in [0.15, 0.2) is 18.2 Å². The molecule has 19 heavy (non-hydrogen) atoms. The van der Waals surface area contributed by atoms with E-state index in [1.165, 1.54) is 0 Å². The Morgan fingerprint density at radius 3 is 1.95 bits per heavy atom. The number of hydrogen-bond acceptors (Lipinski definition) is 5. The van der Waals surface area contributed by atoms with Crippen LogP contribution >= 0.6 is 7.60 Å². The Morgan fingerprint density at radius 2 is 1.53 bits per heavy atom. The van der Waals surface area contributed by atoms with E-state index in [9.17, 15) is 4.57 Å². The SMILES string of the molecule is CCCP(=O)(OCC)Oc1cc(OC)cc(OC)c1. The van der Waals surface area contributed by atoms with Gasteiger partial charge in [-0.05, 0) is 13.3 Å². The molecule has 0 aliphatic heterocycles. The van der Waals surface area contributed by atoms with E-state index in [1.54, 1.807) is 39.3 Å². The maximum atomic E-state index is 12.5. The lowest BCUT2D eigenvalue weighted by molar-refractivity contribution is 0.278. The van der Waals surface area contributed by atoms with E-state index < -0.39 is 7.60 Å². The van der Waals surface area contributed by atoms with E-state index in [2.05, 4.69) is 0 Å². The molecule has 1 aromatic rings. The fourth-order valence-corrected chi connectivity index (χ4v) is 3.24. The standard InChI is InChI=1S/C13H21O5P/c1-5-7-19(14,17-6-2)18-13-9-11(15-3)8-12(10-13)16-4/h8-10H,5-7H2,1-4H3. The van der Waals surface area contributed by atoms with Crippen LogP contribution in [0.3, 0.4) is 0 Å². The zero-order valence-corrected chi connectivity index (χ0v) is 12.7. The third kappa shape index (κ3) is 4.77. The first-order valence-electron chi connectivity index (χ1n) is 6.23. The largest absolute Gasteiger partial charge is 0.496 e. The van der Waals surface area contributed by atoms with Crippen molar-refractivity contribution in [1.82, 2.24) is 0 Å². The van der Waals surface area contributed by atoms with Gasteiger partial charge in [-0.25, -0.2) is 4.57 Å². The lowest BCUT2D eigenvalue weighted by atomic mass is 10.3. The van der Waals surface area contributed by atoms with E-state index in [-0.39, 0.29) is 0 Å². The van der Waals surface area contributed by atoms with Crippen molar-refractivity contribution < 1.29 is 23.1 Å². The average Bonchev–Trinajstić information content (AvgIpc) is 2.38. The lowest BCUT2D eigenvalue weighted by Gasteiger charge is -2.18. The molecule has 0 aliphatic carbocycles. The highest BCUT2D eigenvalue weighted by Crippen LogP contribution is 2.49. The molecule has 0 spiro atoms. The molecule has 0 radical (unpaired) electrons. The minimum atomic E-state index is -3.11. The summed E-state index contributed by atoms with van der Waals surface area (Å²) >= 11 is 0. The van der Waals surface area contributed by atoms with Gasteiger partial charge in [0.1, 0.15) is 17.2 Å². The summed E-state index contributed by atoms with van der Waals surface area (Å²) in [6, 6.07) is 5.03. The molecule has 0 amide bonds. The molecule has 1 atom stereocenters. The van der Waals surface area contributed by atoms with Crippen LogP contribution in [0.4, 0.5) is 0 Å². The Labute approximate surface area is 114 Å². The van der Waals surface area contributed by atoms with E-state index in [4.69, 9.17) is 18.5 Å². The van der Waals surface area contributed by atoms with Gasteiger partial charge in [0.05, 0.1) is 27.0 Å². The van der Waals surface area contributed by atoms with Gasteiger partial charge in [0.2, 0.25) is 0 Å². The zero-order chi connectivity index (χ0) is 14.3. The van der Waals surface area contributed by atoms with Crippen molar-refractivity contribution in [3.63, 3.8) is 0 Å². The predicted molar refractivity (Wildman–Crippen MR) is 74.6 cm³/mol. The molecule has 0 aliphatic rings. The number of methoxy groups -OCH3 is 2. The normalized spacial score (nSPS) is 13.7. The molecule has 0 aromatic heterocycles. The van der Waals surface area contributed by atoms with E-state index in [1.807, 2.05) is 6.92 Å². The van der Waals surface area contributed by atoms with E-state index in [0.717, 1.165) is 6.42 Å². The molecule has 6 heteroatoms. The van der Waals surface area contributed by atoms with Crippen LogP contribution < -0.4 is 14.0 Å². The highest BCUT2D eigenvalue weighted by atomic mass is 31.2. The summed E-state index contributed by atoms with van der Waals surface area (Å²) < 4.78 is 33.6. The van der Waals surface area contributed by atoms with Gasteiger partial charge in [-0.2, -0.15) is 0 Å². The summed E-state index contributed by atoms with van der Waals surface area (Å²) in [5.41, 5.74) is 0. The van der Waals surface area contributed by atoms with Gasteiger partial charge in [0, 0.05) is 18.2 Å². The second kappa shape index (κ2) is 7.41. The Morgan fingerprint density at radius 1 is 1.00 bits per heavy atom. The second-order valence-corrected chi connectivity index (χ2v) is 6.00. The molecule has 1 unspecified atom stereocenters. The van der Waals surface area contributed by atoms with Gasteiger partial charge in [0.15, 0.2) is 0 Å². The zero-order valence-electron chi connectivity index (χ0n) is 11.8. The highest BCUT2D eigenvalue weighted by Gasteiger charge is 2.24. The molecule has 5 nitrogen and oxygen atoms in total. The Bertz CT molecular complexity index is 414. The van der Waals surface area contributed by atoms with E-state index >= 15 is 0 Å². The summed E-state index contributed by atoms with van der Waals surface area (Å²) in [4.78, 5) is 0. The molecule has 0 N–H and O–H groups in total. The Hall–Kier alpha value is -1.19. The number of hydrogen-bond donors (Lipinski definition) is 0. The fraction of sp³-hybridized carbons (Fsp3) is 0.538. The molecule has 108 valence electrons. The lowest BCUT2D eigenvalue weighted by Crippen LogP contribution is -2.02. The number of ether oxygens (including phenoxy) is 2. The third-order valence-electron chi connectivity index (χ3n) is 2.39. The van der Waals surface area contributed by atoms with Crippen molar-refractivity contribution in [3.05, 3.63) is 18.2 Å². The summed E-state index contributed by atoms with van der Waals surface area (Å²) in [6.07, 6.45) is 1.10. The summed E-state index contributed by atoms with van der Waals surface area (Å²) in [7, 11) is -0.0163. The maximum absolute atomic E-state index is 12.5. The monoisotopic (exact) mass is 288 g/mol. The molecule has 0 bridgehead atoms. The minimum absolute atomic E-state index is 0.346. The first-order valence-corrected chi connectivity index (χ1v) is 7.96. The molecule has 0 saturated heterocycles. The highest BCUT2D eigenvalue weighted by molar-refractivity contribution is 7.54. The summed E-state index contributed by atoms with van der Waals surface area (Å²) in [6.45, 7) is 4.07. The van der Waals surface area contributed by atoms with Gasteiger partial charge in [-0.1, -0.05) is 6.92 Å². The molecular weight excluding hydrogens is 267 g/mol. The van der Waals surface area contributed by atoms with Crippen molar-refractivity contribution in [1.29, 1.82) is 0 Å². The molecule has 0 saturated carbocycles. The van der Waals surface area contributed by atoms with Crippen molar-refractivity contribution in [3.8, 4) is 17.2 Å². The molecule has 0 fully saturated rings. The number of benzene rings is 1. The van der Waals surface area contributed by atoms with Crippen LogP contribution in [0.1, 0.15) is 20.3 Å².